The van der Waals surface area contributed by atoms with E-state index in [0.717, 1.165) is 0 Å². The van der Waals surface area contributed by atoms with Gasteiger partial charge in [-0.15, -0.1) is 0 Å². The van der Waals surface area contributed by atoms with Crippen LogP contribution in [0.15, 0.2) is 57.7 Å². The van der Waals surface area contributed by atoms with Crippen molar-refractivity contribution >= 4 is 28.7 Å². The van der Waals surface area contributed by atoms with E-state index in [1.54, 1.807) is 19.1 Å². The lowest BCUT2D eigenvalue weighted by Gasteiger charge is -2.09. The van der Waals surface area contributed by atoms with Gasteiger partial charge in [-0.05, 0) is 37.3 Å². The standard InChI is InChI=1S/C20H17NO7/c1-2-26-20(25)21-14-6-7-16-13(9-18(23)28-17(16)10-14)11-27-19(24)12-4-3-5-15(22)8-12/h3-10,22H,2,11H2,1H3,(H,21,25). The summed E-state index contributed by atoms with van der Waals surface area (Å²) in [6.07, 6.45) is -0.625. The Balaban J connectivity index is 1.82. The molecule has 0 unspecified atom stereocenters. The summed E-state index contributed by atoms with van der Waals surface area (Å²) in [4.78, 5) is 35.5. The summed E-state index contributed by atoms with van der Waals surface area (Å²) in [6.45, 7) is 1.74. The Bertz CT molecular complexity index is 1090. The summed E-state index contributed by atoms with van der Waals surface area (Å²) in [5.74, 6) is -0.695. The van der Waals surface area contributed by atoms with Crippen LogP contribution in [0.5, 0.6) is 5.75 Å². The van der Waals surface area contributed by atoms with E-state index in [1.165, 1.54) is 36.4 Å². The number of hydrogen-bond donors (Lipinski definition) is 2. The second kappa shape index (κ2) is 8.26. The first-order valence-electron chi connectivity index (χ1n) is 8.43. The molecule has 0 aliphatic heterocycles. The van der Waals surface area contributed by atoms with E-state index >= 15 is 0 Å². The van der Waals surface area contributed by atoms with Crippen molar-refractivity contribution in [2.75, 3.05) is 11.9 Å². The van der Waals surface area contributed by atoms with Crippen molar-refractivity contribution in [3.63, 3.8) is 0 Å². The lowest BCUT2D eigenvalue weighted by molar-refractivity contribution is 0.0473. The van der Waals surface area contributed by atoms with Crippen LogP contribution >= 0.6 is 0 Å². The number of aromatic hydroxyl groups is 1. The maximum absolute atomic E-state index is 12.1. The molecular formula is C20H17NO7. The highest BCUT2D eigenvalue weighted by Gasteiger charge is 2.12. The lowest BCUT2D eigenvalue weighted by Crippen LogP contribution is -2.13. The van der Waals surface area contributed by atoms with Crippen LogP contribution in [-0.2, 0) is 16.1 Å². The van der Waals surface area contributed by atoms with Gasteiger partial charge < -0.3 is 19.0 Å². The first-order valence-corrected chi connectivity index (χ1v) is 8.43. The van der Waals surface area contributed by atoms with Crippen LogP contribution < -0.4 is 10.9 Å². The molecule has 1 aromatic heterocycles. The molecule has 28 heavy (non-hydrogen) atoms. The number of benzene rings is 2. The third kappa shape index (κ3) is 4.47. The van der Waals surface area contributed by atoms with Crippen LogP contribution in [0.4, 0.5) is 10.5 Å². The highest BCUT2D eigenvalue weighted by atomic mass is 16.5. The summed E-state index contributed by atoms with van der Waals surface area (Å²) >= 11 is 0. The van der Waals surface area contributed by atoms with Crippen molar-refractivity contribution in [1.29, 1.82) is 0 Å². The predicted octanol–water partition coefficient (Wildman–Crippen LogP) is 3.42. The zero-order valence-electron chi connectivity index (χ0n) is 14.9. The maximum atomic E-state index is 12.1. The highest BCUT2D eigenvalue weighted by Crippen LogP contribution is 2.22. The fraction of sp³-hybridized carbons (Fsp3) is 0.150. The average Bonchev–Trinajstić information content (AvgIpc) is 2.65. The van der Waals surface area contributed by atoms with Crippen molar-refractivity contribution in [1.82, 2.24) is 0 Å². The van der Waals surface area contributed by atoms with Crippen LogP contribution in [0.3, 0.4) is 0 Å². The number of nitrogens with one attached hydrogen (secondary N) is 1. The molecule has 3 rings (SSSR count). The van der Waals surface area contributed by atoms with Gasteiger partial charge in [0, 0.05) is 28.8 Å². The smallest absolute Gasteiger partial charge is 0.411 e. The summed E-state index contributed by atoms with van der Waals surface area (Å²) < 4.78 is 15.2. The van der Waals surface area contributed by atoms with Gasteiger partial charge in [-0.25, -0.2) is 14.4 Å². The van der Waals surface area contributed by atoms with E-state index in [1.807, 2.05) is 0 Å². The topological polar surface area (TPSA) is 115 Å². The van der Waals surface area contributed by atoms with Gasteiger partial charge in [-0.2, -0.15) is 0 Å². The maximum Gasteiger partial charge on any atom is 0.411 e. The number of ether oxygens (including phenoxy) is 2. The van der Waals surface area contributed by atoms with Crippen LogP contribution in [0.2, 0.25) is 0 Å². The van der Waals surface area contributed by atoms with Crippen molar-refractivity contribution in [3.05, 3.63) is 70.1 Å². The van der Waals surface area contributed by atoms with Crippen LogP contribution in [0.25, 0.3) is 11.0 Å². The molecule has 1 heterocycles. The van der Waals surface area contributed by atoms with Gasteiger partial charge in [0.1, 0.15) is 17.9 Å². The minimum Gasteiger partial charge on any atom is -0.508 e. The molecule has 8 heteroatoms. The fourth-order valence-electron chi connectivity index (χ4n) is 2.57. The zero-order valence-corrected chi connectivity index (χ0v) is 14.9. The highest BCUT2D eigenvalue weighted by molar-refractivity contribution is 5.91. The summed E-state index contributed by atoms with van der Waals surface area (Å²) in [7, 11) is 0. The number of amides is 1. The Labute approximate surface area is 159 Å². The zero-order chi connectivity index (χ0) is 20.1. The number of carbonyl (C=O) groups excluding carboxylic acids is 2. The third-order valence-corrected chi connectivity index (χ3v) is 3.79. The van der Waals surface area contributed by atoms with E-state index < -0.39 is 17.7 Å². The van der Waals surface area contributed by atoms with Gasteiger partial charge in [0.25, 0.3) is 0 Å². The summed E-state index contributed by atoms with van der Waals surface area (Å²) in [5, 5.41) is 12.5. The first-order chi connectivity index (χ1) is 13.5. The molecule has 3 aromatic rings. The minimum atomic E-state index is -0.641. The van der Waals surface area contributed by atoms with Crippen LogP contribution in [0.1, 0.15) is 22.8 Å². The Morgan fingerprint density at radius 2 is 1.93 bits per heavy atom. The molecule has 0 bridgehead atoms. The normalized spacial score (nSPS) is 10.5. The monoisotopic (exact) mass is 383 g/mol. The number of fused-ring (bicyclic) bond motifs is 1. The summed E-state index contributed by atoms with van der Waals surface area (Å²) in [6, 6.07) is 11.7. The van der Waals surface area contributed by atoms with E-state index in [-0.39, 0.29) is 30.1 Å². The van der Waals surface area contributed by atoms with Gasteiger partial charge in [0.2, 0.25) is 0 Å². The Morgan fingerprint density at radius 3 is 2.68 bits per heavy atom. The average molecular weight is 383 g/mol. The summed E-state index contributed by atoms with van der Waals surface area (Å²) in [5.41, 5.74) is 0.632. The molecule has 0 aliphatic carbocycles. The van der Waals surface area contributed by atoms with Crippen molar-refractivity contribution in [3.8, 4) is 5.75 Å². The molecule has 1 amide bonds. The van der Waals surface area contributed by atoms with Crippen LogP contribution in [0, 0.1) is 0 Å². The number of rotatable bonds is 5. The first kappa shape index (κ1) is 19.0. The van der Waals surface area contributed by atoms with E-state index in [9.17, 15) is 19.5 Å². The Morgan fingerprint density at radius 1 is 1.11 bits per heavy atom. The SMILES string of the molecule is CCOC(=O)Nc1ccc2c(COC(=O)c3cccc(O)c3)cc(=O)oc2c1. The van der Waals surface area contributed by atoms with Gasteiger partial charge in [-0.3, -0.25) is 5.32 Å². The lowest BCUT2D eigenvalue weighted by atomic mass is 10.1. The van der Waals surface area contributed by atoms with Crippen molar-refractivity contribution in [2.45, 2.75) is 13.5 Å². The molecule has 8 nitrogen and oxygen atoms in total. The third-order valence-electron chi connectivity index (χ3n) is 3.79. The molecule has 144 valence electrons. The quantitative estimate of drug-likeness (QED) is 0.512. The van der Waals surface area contributed by atoms with E-state index in [4.69, 9.17) is 13.9 Å². The Hall–Kier alpha value is -3.81. The molecular weight excluding hydrogens is 366 g/mol. The number of esters is 1. The van der Waals surface area contributed by atoms with Crippen molar-refractivity contribution in [2.24, 2.45) is 0 Å². The van der Waals surface area contributed by atoms with Gasteiger partial charge in [0.15, 0.2) is 0 Å². The molecule has 0 saturated carbocycles. The predicted molar refractivity (Wildman–Crippen MR) is 100 cm³/mol. The molecule has 2 aromatic carbocycles. The van der Waals surface area contributed by atoms with E-state index in [2.05, 4.69) is 5.32 Å². The number of phenols is 1. The molecule has 0 atom stereocenters. The molecule has 0 aliphatic rings. The van der Waals surface area contributed by atoms with Gasteiger partial charge >= 0.3 is 17.7 Å². The number of carbonyl (C=O) groups is 2. The molecule has 0 spiro atoms. The molecule has 0 saturated heterocycles. The molecule has 2 N–H and O–H groups in total. The minimum absolute atomic E-state index is 0.0538. The van der Waals surface area contributed by atoms with E-state index in [0.29, 0.717) is 16.6 Å². The number of anilines is 1. The van der Waals surface area contributed by atoms with Gasteiger partial charge in [-0.1, -0.05) is 6.07 Å². The molecule has 0 radical (unpaired) electrons. The number of hydrogen-bond acceptors (Lipinski definition) is 7. The molecule has 0 fully saturated rings. The van der Waals surface area contributed by atoms with Crippen LogP contribution in [-0.4, -0.2) is 23.8 Å². The Kier molecular flexibility index (Phi) is 5.59. The van der Waals surface area contributed by atoms with Crippen molar-refractivity contribution < 1.29 is 28.6 Å². The fourth-order valence-corrected chi connectivity index (χ4v) is 2.57. The van der Waals surface area contributed by atoms with Gasteiger partial charge in [0.05, 0.1) is 12.2 Å². The second-order valence-electron chi connectivity index (χ2n) is 5.77. The second-order valence-corrected chi connectivity index (χ2v) is 5.77. The number of phenolic OH excluding ortho intramolecular Hbond substituents is 1. The largest absolute Gasteiger partial charge is 0.508 e.